The molecule has 0 aliphatic heterocycles. The van der Waals surface area contributed by atoms with Crippen molar-refractivity contribution in [3.63, 3.8) is 0 Å². The maximum absolute atomic E-state index is 10.7. The van der Waals surface area contributed by atoms with E-state index in [0.717, 1.165) is 11.1 Å². The molecule has 4 N–H and O–H groups in total. The van der Waals surface area contributed by atoms with Crippen molar-refractivity contribution in [2.24, 2.45) is 5.14 Å². The van der Waals surface area contributed by atoms with Gasteiger partial charge in [-0.15, -0.1) is 0 Å². The van der Waals surface area contributed by atoms with Gasteiger partial charge in [0.2, 0.25) is 10.0 Å². The molecule has 0 aliphatic carbocycles. The lowest BCUT2D eigenvalue weighted by atomic mass is 10.1. The Hall–Kier alpha value is -1.11. The highest BCUT2D eigenvalue weighted by molar-refractivity contribution is 7.89. The highest BCUT2D eigenvalue weighted by Gasteiger charge is 2.10. The zero-order valence-electron chi connectivity index (χ0n) is 10.7. The zero-order valence-corrected chi connectivity index (χ0v) is 11.5. The van der Waals surface area contributed by atoms with Crippen molar-refractivity contribution >= 4 is 10.0 Å². The van der Waals surface area contributed by atoms with Crippen LogP contribution < -0.4 is 10.5 Å². The standard InChI is InChI=1S/C12H20N2O3S/c1-9-4-5-11(12(15)8-9)10(2)14-6-3-7-18(13,16)17/h4-5,8,10,14-15H,3,6-7H2,1-2H3,(H2,13,16,17). The number of hydrogen-bond donors (Lipinski definition) is 3. The van der Waals surface area contributed by atoms with Crippen LogP contribution in [0, 0.1) is 6.92 Å². The van der Waals surface area contributed by atoms with Gasteiger partial charge in [-0.3, -0.25) is 0 Å². The zero-order chi connectivity index (χ0) is 13.8. The average Bonchev–Trinajstić information content (AvgIpc) is 2.22. The molecule has 0 saturated carbocycles. The van der Waals surface area contributed by atoms with Gasteiger partial charge in [-0.2, -0.15) is 0 Å². The molecule has 0 bridgehead atoms. The van der Waals surface area contributed by atoms with Crippen LogP contribution in [0.2, 0.25) is 0 Å². The summed E-state index contributed by atoms with van der Waals surface area (Å²) in [6.07, 6.45) is 0.454. The minimum absolute atomic E-state index is 0.0351. The van der Waals surface area contributed by atoms with E-state index in [1.54, 1.807) is 6.07 Å². The lowest BCUT2D eigenvalue weighted by Gasteiger charge is -2.15. The monoisotopic (exact) mass is 272 g/mol. The van der Waals surface area contributed by atoms with Crippen LogP contribution in [0.5, 0.6) is 5.75 Å². The molecule has 1 unspecified atom stereocenters. The van der Waals surface area contributed by atoms with E-state index >= 15 is 0 Å². The van der Waals surface area contributed by atoms with E-state index in [9.17, 15) is 13.5 Å². The summed E-state index contributed by atoms with van der Waals surface area (Å²) in [7, 11) is -3.39. The normalized spacial score (nSPS) is 13.5. The fraction of sp³-hybridized carbons (Fsp3) is 0.500. The first kappa shape index (κ1) is 14.9. The smallest absolute Gasteiger partial charge is 0.209 e. The van der Waals surface area contributed by atoms with Crippen LogP contribution in [0.4, 0.5) is 0 Å². The van der Waals surface area contributed by atoms with Crippen molar-refractivity contribution in [2.75, 3.05) is 12.3 Å². The molecule has 1 aromatic rings. The van der Waals surface area contributed by atoms with E-state index in [1.807, 2.05) is 26.0 Å². The van der Waals surface area contributed by atoms with Crippen LogP contribution in [-0.4, -0.2) is 25.8 Å². The third kappa shape index (κ3) is 5.03. The average molecular weight is 272 g/mol. The summed E-state index contributed by atoms with van der Waals surface area (Å²) < 4.78 is 21.5. The van der Waals surface area contributed by atoms with Crippen molar-refractivity contribution in [1.82, 2.24) is 5.32 Å². The molecule has 102 valence electrons. The van der Waals surface area contributed by atoms with Crippen LogP contribution in [0.25, 0.3) is 0 Å². The molecule has 0 fully saturated rings. The molecule has 1 atom stereocenters. The number of benzene rings is 1. The summed E-state index contributed by atoms with van der Waals surface area (Å²) in [5.74, 6) is 0.216. The molecule has 0 radical (unpaired) electrons. The molecule has 5 nitrogen and oxygen atoms in total. The Labute approximate surface area is 108 Å². The molecule has 0 amide bonds. The third-order valence-electron chi connectivity index (χ3n) is 2.71. The fourth-order valence-electron chi connectivity index (χ4n) is 1.72. The largest absolute Gasteiger partial charge is 0.508 e. The second-order valence-corrected chi connectivity index (χ2v) is 6.19. The molecule has 0 aliphatic rings. The lowest BCUT2D eigenvalue weighted by molar-refractivity contribution is 0.452. The summed E-state index contributed by atoms with van der Waals surface area (Å²) in [5.41, 5.74) is 1.80. The molecule has 0 heterocycles. The summed E-state index contributed by atoms with van der Waals surface area (Å²) in [6.45, 7) is 4.36. The lowest BCUT2D eigenvalue weighted by Crippen LogP contribution is -2.24. The van der Waals surface area contributed by atoms with E-state index in [-0.39, 0.29) is 17.5 Å². The second-order valence-electron chi connectivity index (χ2n) is 4.46. The Morgan fingerprint density at radius 3 is 2.67 bits per heavy atom. The van der Waals surface area contributed by atoms with Crippen LogP contribution in [0.1, 0.15) is 30.5 Å². The first-order valence-corrected chi connectivity index (χ1v) is 7.54. The van der Waals surface area contributed by atoms with Gasteiger partial charge in [0.25, 0.3) is 0 Å². The van der Waals surface area contributed by atoms with Gasteiger partial charge in [-0.1, -0.05) is 12.1 Å². The highest BCUT2D eigenvalue weighted by atomic mass is 32.2. The molecule has 1 rings (SSSR count). The quantitative estimate of drug-likeness (QED) is 0.674. The van der Waals surface area contributed by atoms with E-state index in [4.69, 9.17) is 5.14 Å². The summed E-state index contributed by atoms with van der Waals surface area (Å²) in [5, 5.41) is 17.9. The fourth-order valence-corrected chi connectivity index (χ4v) is 2.27. The number of aromatic hydroxyl groups is 1. The number of primary sulfonamides is 1. The van der Waals surface area contributed by atoms with Gasteiger partial charge in [-0.25, -0.2) is 13.6 Å². The van der Waals surface area contributed by atoms with Crippen LogP contribution in [-0.2, 0) is 10.0 Å². The van der Waals surface area contributed by atoms with Gasteiger partial charge in [0.15, 0.2) is 0 Å². The predicted octanol–water partition coefficient (Wildman–Crippen LogP) is 1.03. The Kier molecular flexibility index (Phi) is 5.13. The van der Waals surface area contributed by atoms with Gasteiger partial charge >= 0.3 is 0 Å². The number of nitrogens with two attached hydrogens (primary N) is 1. The molecule has 1 aromatic carbocycles. The summed E-state index contributed by atoms with van der Waals surface area (Å²) >= 11 is 0. The number of hydrogen-bond acceptors (Lipinski definition) is 4. The minimum Gasteiger partial charge on any atom is -0.508 e. The predicted molar refractivity (Wildman–Crippen MR) is 71.9 cm³/mol. The molecule has 0 aromatic heterocycles. The van der Waals surface area contributed by atoms with E-state index < -0.39 is 10.0 Å². The topological polar surface area (TPSA) is 92.4 Å². The van der Waals surface area contributed by atoms with Crippen LogP contribution >= 0.6 is 0 Å². The molecule has 0 saturated heterocycles. The molecule has 18 heavy (non-hydrogen) atoms. The van der Waals surface area contributed by atoms with Gasteiger partial charge in [-0.05, 0) is 38.4 Å². The van der Waals surface area contributed by atoms with Crippen molar-refractivity contribution in [1.29, 1.82) is 0 Å². The van der Waals surface area contributed by atoms with E-state index in [2.05, 4.69) is 5.32 Å². The van der Waals surface area contributed by atoms with Gasteiger partial charge in [0.1, 0.15) is 5.75 Å². The third-order valence-corrected chi connectivity index (χ3v) is 3.57. The summed E-state index contributed by atoms with van der Waals surface area (Å²) in [6, 6.07) is 5.46. The number of aryl methyl sites for hydroxylation is 1. The van der Waals surface area contributed by atoms with E-state index in [1.165, 1.54) is 0 Å². The maximum Gasteiger partial charge on any atom is 0.209 e. The van der Waals surface area contributed by atoms with Crippen molar-refractivity contribution in [3.05, 3.63) is 29.3 Å². The molecular weight excluding hydrogens is 252 g/mol. The molecule has 6 heteroatoms. The van der Waals surface area contributed by atoms with Gasteiger partial charge < -0.3 is 10.4 Å². The van der Waals surface area contributed by atoms with Crippen LogP contribution in [0.15, 0.2) is 18.2 Å². The number of phenols is 1. The summed E-state index contributed by atoms with van der Waals surface area (Å²) in [4.78, 5) is 0. The number of phenolic OH excluding ortho intramolecular Hbond substituents is 1. The SMILES string of the molecule is Cc1ccc(C(C)NCCCS(N)(=O)=O)c(O)c1. The number of rotatable bonds is 6. The molecule has 0 spiro atoms. The van der Waals surface area contributed by atoms with Gasteiger partial charge in [0, 0.05) is 11.6 Å². The Morgan fingerprint density at radius 2 is 2.11 bits per heavy atom. The highest BCUT2D eigenvalue weighted by Crippen LogP contribution is 2.24. The number of nitrogens with one attached hydrogen (secondary N) is 1. The van der Waals surface area contributed by atoms with Crippen LogP contribution in [0.3, 0.4) is 0 Å². The van der Waals surface area contributed by atoms with Crippen molar-refractivity contribution in [2.45, 2.75) is 26.3 Å². The van der Waals surface area contributed by atoms with Crippen molar-refractivity contribution in [3.8, 4) is 5.75 Å². The molecular formula is C12H20N2O3S. The Morgan fingerprint density at radius 1 is 1.44 bits per heavy atom. The first-order chi connectivity index (χ1) is 8.29. The first-order valence-electron chi connectivity index (χ1n) is 5.83. The van der Waals surface area contributed by atoms with Crippen molar-refractivity contribution < 1.29 is 13.5 Å². The maximum atomic E-state index is 10.7. The Bertz CT molecular complexity index is 500. The van der Waals surface area contributed by atoms with Gasteiger partial charge in [0.05, 0.1) is 5.75 Å². The minimum atomic E-state index is -3.39. The number of sulfonamides is 1. The Balaban J connectivity index is 2.48. The second kappa shape index (κ2) is 6.17. The van der Waals surface area contributed by atoms with E-state index in [0.29, 0.717) is 13.0 Å².